The molecule has 0 aliphatic heterocycles. The fraction of sp³-hybridized carbons (Fsp3) is 0.0714. The number of carbonyl (C=O) groups is 1. The minimum atomic E-state index is -4.17. The summed E-state index contributed by atoms with van der Waals surface area (Å²) < 4.78 is 31.5. The van der Waals surface area contributed by atoms with Gasteiger partial charge in [0.1, 0.15) is 16.5 Å². The smallest absolute Gasteiger partial charge is 0.339 e. The largest absolute Gasteiger partial charge is 0.378 e. The molecule has 0 atom stereocenters. The number of halogens is 1. The molecule has 0 saturated heterocycles. The van der Waals surface area contributed by atoms with Crippen LogP contribution >= 0.6 is 11.6 Å². The van der Waals surface area contributed by atoms with Crippen LogP contribution in [0.25, 0.3) is 16.8 Å². The van der Waals surface area contributed by atoms with Gasteiger partial charge in [0.15, 0.2) is 5.75 Å². The van der Waals surface area contributed by atoms with Gasteiger partial charge in [-0.2, -0.15) is 13.7 Å². The number of nitrogens with zero attached hydrogens (tertiary/aromatic N) is 1. The van der Waals surface area contributed by atoms with E-state index in [1.807, 2.05) is 25.1 Å². The number of fused-ring (bicyclic) bond motifs is 1. The molecule has 180 valence electrons. The summed E-state index contributed by atoms with van der Waals surface area (Å²) in [6.45, 7) is 3.65. The Morgan fingerprint density at radius 2 is 1.72 bits per heavy atom. The maximum Gasteiger partial charge on any atom is 0.339 e. The van der Waals surface area contributed by atoms with Crippen molar-refractivity contribution in [3.8, 4) is 11.8 Å². The van der Waals surface area contributed by atoms with E-state index in [1.165, 1.54) is 24.3 Å². The SMILES string of the molecule is Cc1ccc(S(=O)(=O)Oc2ccc3ccccc3c2/C=C(\C#N)C(=O)Nc2cc(Cl)ccc2C)cc1. The minimum absolute atomic E-state index is 0.00578. The van der Waals surface area contributed by atoms with Gasteiger partial charge in [-0.1, -0.05) is 65.7 Å². The Balaban J connectivity index is 1.79. The number of benzene rings is 4. The van der Waals surface area contributed by atoms with Crippen molar-refractivity contribution in [3.63, 3.8) is 0 Å². The molecule has 1 N–H and O–H groups in total. The molecule has 8 heteroatoms. The van der Waals surface area contributed by atoms with Gasteiger partial charge in [0.2, 0.25) is 0 Å². The van der Waals surface area contributed by atoms with E-state index in [-0.39, 0.29) is 16.2 Å². The number of hydrogen-bond acceptors (Lipinski definition) is 5. The molecule has 0 aliphatic rings. The summed E-state index contributed by atoms with van der Waals surface area (Å²) in [5.41, 5.74) is 2.19. The van der Waals surface area contributed by atoms with Gasteiger partial charge in [0.05, 0.1) is 0 Å². The predicted molar refractivity (Wildman–Crippen MR) is 141 cm³/mol. The third-order valence-corrected chi connectivity index (χ3v) is 7.02. The number of hydrogen-bond donors (Lipinski definition) is 1. The first-order chi connectivity index (χ1) is 17.2. The Hall–Kier alpha value is -4.12. The van der Waals surface area contributed by atoms with Gasteiger partial charge < -0.3 is 9.50 Å². The highest BCUT2D eigenvalue weighted by Crippen LogP contribution is 2.33. The van der Waals surface area contributed by atoms with Crippen LogP contribution in [0.4, 0.5) is 5.69 Å². The molecular formula is C28H21ClN2O4S. The summed E-state index contributed by atoms with van der Waals surface area (Å²) in [5.74, 6) is -0.670. The van der Waals surface area contributed by atoms with Crippen molar-refractivity contribution in [2.24, 2.45) is 0 Å². The van der Waals surface area contributed by atoms with E-state index in [0.717, 1.165) is 16.5 Å². The molecule has 4 aromatic rings. The lowest BCUT2D eigenvalue weighted by Crippen LogP contribution is -2.14. The van der Waals surface area contributed by atoms with Gasteiger partial charge in [-0.05, 0) is 66.6 Å². The number of nitrogens with one attached hydrogen (secondary N) is 1. The van der Waals surface area contributed by atoms with Crippen LogP contribution in [0, 0.1) is 25.2 Å². The summed E-state index contributed by atoms with van der Waals surface area (Å²) in [6, 6.07) is 23.7. The quantitative estimate of drug-likeness (QED) is 0.181. The highest BCUT2D eigenvalue weighted by molar-refractivity contribution is 7.87. The van der Waals surface area contributed by atoms with Gasteiger partial charge >= 0.3 is 10.1 Å². The van der Waals surface area contributed by atoms with E-state index in [1.54, 1.807) is 55.5 Å². The summed E-state index contributed by atoms with van der Waals surface area (Å²) in [7, 11) is -4.17. The maximum absolute atomic E-state index is 13.0. The number of aryl methyl sites for hydroxylation is 2. The number of amides is 1. The second kappa shape index (κ2) is 10.2. The summed E-state index contributed by atoms with van der Waals surface area (Å²) in [4.78, 5) is 13.0. The molecule has 0 aliphatic carbocycles. The highest BCUT2D eigenvalue weighted by atomic mass is 35.5. The third-order valence-electron chi connectivity index (χ3n) is 5.54. The Bertz CT molecular complexity index is 1650. The standard InChI is InChI=1S/C28H21ClN2O4S/c1-18-7-12-23(13-8-18)36(33,34)35-27-14-10-20-5-3-4-6-24(20)25(27)15-21(17-30)28(32)31-26-16-22(29)11-9-19(26)2/h3-16H,1-2H3,(H,31,32)/b21-15+. The van der Waals surface area contributed by atoms with Crippen LogP contribution in [0.5, 0.6) is 5.75 Å². The zero-order valence-corrected chi connectivity index (χ0v) is 21.0. The first-order valence-corrected chi connectivity index (χ1v) is 12.7. The van der Waals surface area contributed by atoms with Gasteiger partial charge in [-0.25, -0.2) is 0 Å². The fourth-order valence-electron chi connectivity index (χ4n) is 3.58. The predicted octanol–water partition coefficient (Wildman–Crippen LogP) is 6.42. The van der Waals surface area contributed by atoms with Crippen LogP contribution in [0.3, 0.4) is 0 Å². The van der Waals surface area contributed by atoms with Crippen LogP contribution in [-0.2, 0) is 14.9 Å². The van der Waals surface area contributed by atoms with Crippen LogP contribution in [0.2, 0.25) is 5.02 Å². The van der Waals surface area contributed by atoms with Crippen LogP contribution in [-0.4, -0.2) is 14.3 Å². The highest BCUT2D eigenvalue weighted by Gasteiger charge is 2.21. The van der Waals surface area contributed by atoms with Crippen LogP contribution in [0.15, 0.2) is 89.3 Å². The van der Waals surface area contributed by atoms with Crippen molar-refractivity contribution in [1.29, 1.82) is 5.26 Å². The maximum atomic E-state index is 13.0. The van der Waals surface area contributed by atoms with Crippen molar-refractivity contribution < 1.29 is 17.4 Å². The second-order valence-corrected chi connectivity index (χ2v) is 10.1. The Morgan fingerprint density at radius 1 is 1.00 bits per heavy atom. The Labute approximate surface area is 214 Å². The van der Waals surface area contributed by atoms with Gasteiger partial charge in [-0.3, -0.25) is 4.79 Å². The number of carbonyl (C=O) groups excluding carboxylic acids is 1. The zero-order chi connectivity index (χ0) is 25.9. The first-order valence-electron chi connectivity index (χ1n) is 10.9. The fourth-order valence-corrected chi connectivity index (χ4v) is 4.70. The van der Waals surface area contributed by atoms with Gasteiger partial charge in [0.25, 0.3) is 5.91 Å². The molecule has 0 radical (unpaired) electrons. The number of nitriles is 1. The molecule has 4 rings (SSSR count). The monoisotopic (exact) mass is 516 g/mol. The Kier molecular flexibility index (Phi) is 7.11. The summed E-state index contributed by atoms with van der Waals surface area (Å²) in [5, 5.41) is 14.3. The van der Waals surface area contributed by atoms with Crippen molar-refractivity contribution in [2.45, 2.75) is 18.7 Å². The van der Waals surface area contributed by atoms with Gasteiger partial charge in [0, 0.05) is 16.3 Å². The zero-order valence-electron chi connectivity index (χ0n) is 19.4. The molecule has 6 nitrogen and oxygen atoms in total. The number of rotatable bonds is 6. The van der Waals surface area contributed by atoms with Crippen LogP contribution in [0.1, 0.15) is 16.7 Å². The number of anilines is 1. The molecule has 36 heavy (non-hydrogen) atoms. The molecule has 0 aromatic heterocycles. The molecular weight excluding hydrogens is 496 g/mol. The van der Waals surface area contributed by atoms with E-state index in [9.17, 15) is 18.5 Å². The molecule has 1 amide bonds. The lowest BCUT2D eigenvalue weighted by Gasteiger charge is -2.13. The molecule has 0 heterocycles. The van der Waals surface area contributed by atoms with E-state index in [4.69, 9.17) is 15.8 Å². The molecule has 4 aromatic carbocycles. The average Bonchev–Trinajstić information content (AvgIpc) is 2.85. The normalized spacial score (nSPS) is 11.7. The first kappa shape index (κ1) is 25.0. The Morgan fingerprint density at radius 3 is 2.44 bits per heavy atom. The molecule has 0 unspecified atom stereocenters. The lowest BCUT2D eigenvalue weighted by atomic mass is 10.0. The second-order valence-electron chi connectivity index (χ2n) is 8.13. The van der Waals surface area contributed by atoms with E-state index < -0.39 is 16.0 Å². The topological polar surface area (TPSA) is 96.3 Å². The molecule has 0 spiro atoms. The van der Waals surface area contributed by atoms with E-state index in [2.05, 4.69) is 5.32 Å². The average molecular weight is 517 g/mol. The van der Waals surface area contributed by atoms with Crippen LogP contribution < -0.4 is 9.50 Å². The minimum Gasteiger partial charge on any atom is -0.378 e. The van der Waals surface area contributed by atoms with Gasteiger partial charge in [-0.15, -0.1) is 0 Å². The molecule has 0 saturated carbocycles. The van der Waals surface area contributed by atoms with Crippen molar-refractivity contribution in [1.82, 2.24) is 0 Å². The lowest BCUT2D eigenvalue weighted by molar-refractivity contribution is -0.112. The van der Waals surface area contributed by atoms with Crippen molar-refractivity contribution in [3.05, 3.63) is 106 Å². The van der Waals surface area contributed by atoms with Crippen molar-refractivity contribution >= 4 is 50.2 Å². The summed E-state index contributed by atoms with van der Waals surface area (Å²) >= 11 is 6.05. The third kappa shape index (κ3) is 5.41. The van der Waals surface area contributed by atoms with E-state index >= 15 is 0 Å². The summed E-state index contributed by atoms with van der Waals surface area (Å²) in [6.07, 6.45) is 1.33. The van der Waals surface area contributed by atoms with E-state index in [0.29, 0.717) is 21.7 Å². The molecule has 0 bridgehead atoms. The van der Waals surface area contributed by atoms with Crippen molar-refractivity contribution in [2.75, 3.05) is 5.32 Å². The molecule has 0 fully saturated rings.